The molecule has 0 aliphatic heterocycles. The minimum atomic E-state index is -4.17. The highest BCUT2D eigenvalue weighted by atomic mass is 79.9. The maximum absolute atomic E-state index is 12.1. The fourth-order valence-corrected chi connectivity index (χ4v) is 1.71. The van der Waals surface area contributed by atoms with Crippen LogP contribution in [0.15, 0.2) is 22.7 Å². The van der Waals surface area contributed by atoms with Gasteiger partial charge >= 0.3 is 6.18 Å². The number of alkyl halides is 3. The summed E-state index contributed by atoms with van der Waals surface area (Å²) in [6, 6.07) is 4.30. The van der Waals surface area contributed by atoms with E-state index in [2.05, 4.69) is 21.2 Å². The van der Waals surface area contributed by atoms with Gasteiger partial charge in [-0.2, -0.15) is 13.2 Å². The van der Waals surface area contributed by atoms with Gasteiger partial charge in [0.05, 0.1) is 17.8 Å². The Kier molecular flexibility index (Phi) is 4.07. The van der Waals surface area contributed by atoms with Crippen LogP contribution in [0.2, 0.25) is 0 Å². The van der Waals surface area contributed by atoms with E-state index in [4.69, 9.17) is 5.73 Å². The van der Waals surface area contributed by atoms with Crippen molar-refractivity contribution in [3.63, 3.8) is 0 Å². The zero-order valence-electron chi connectivity index (χ0n) is 8.61. The van der Waals surface area contributed by atoms with Crippen LogP contribution in [0.5, 0.6) is 0 Å². The molecule has 0 saturated carbocycles. The predicted molar refractivity (Wildman–Crippen MR) is 62.3 cm³/mol. The summed E-state index contributed by atoms with van der Waals surface area (Å²) >= 11 is 3.22. The van der Waals surface area contributed by atoms with Crippen molar-refractivity contribution in [1.82, 2.24) is 0 Å². The number of benzene rings is 1. The lowest BCUT2D eigenvalue weighted by molar-refractivity contribution is -0.136. The summed E-state index contributed by atoms with van der Waals surface area (Å²) in [6.45, 7) is 1.47. The van der Waals surface area contributed by atoms with Crippen LogP contribution in [0.1, 0.15) is 13.3 Å². The molecule has 1 atom stereocenters. The van der Waals surface area contributed by atoms with Gasteiger partial charge in [0.25, 0.3) is 0 Å². The Morgan fingerprint density at radius 3 is 2.56 bits per heavy atom. The van der Waals surface area contributed by atoms with Crippen molar-refractivity contribution in [3.05, 3.63) is 22.7 Å². The molecule has 90 valence electrons. The van der Waals surface area contributed by atoms with Crippen LogP contribution in [0, 0.1) is 0 Å². The topological polar surface area (TPSA) is 38.0 Å². The number of nitrogens with two attached hydrogens (primary N) is 1. The lowest BCUT2D eigenvalue weighted by Crippen LogP contribution is -2.24. The molecular formula is C10H12BrF3N2. The number of hydrogen-bond donors (Lipinski definition) is 2. The van der Waals surface area contributed by atoms with Crippen molar-refractivity contribution in [3.8, 4) is 0 Å². The van der Waals surface area contributed by atoms with E-state index >= 15 is 0 Å². The summed E-state index contributed by atoms with van der Waals surface area (Å²) in [7, 11) is 0. The summed E-state index contributed by atoms with van der Waals surface area (Å²) in [5, 5.41) is 2.73. The molecule has 0 heterocycles. The van der Waals surface area contributed by atoms with Gasteiger partial charge in [-0.1, -0.05) is 15.9 Å². The van der Waals surface area contributed by atoms with Crippen molar-refractivity contribution in [2.45, 2.75) is 25.6 Å². The average Bonchev–Trinajstić information content (AvgIpc) is 2.06. The molecule has 1 aromatic carbocycles. The molecule has 0 radical (unpaired) electrons. The van der Waals surface area contributed by atoms with Crippen LogP contribution >= 0.6 is 15.9 Å². The van der Waals surface area contributed by atoms with Gasteiger partial charge in [-0.25, -0.2) is 0 Å². The fourth-order valence-electron chi connectivity index (χ4n) is 1.33. The second-order valence-electron chi connectivity index (χ2n) is 3.60. The normalized spacial score (nSPS) is 13.6. The SMILES string of the molecule is CC(CC(F)(F)F)Nc1ccc(Br)cc1N. The fraction of sp³-hybridized carbons (Fsp3) is 0.400. The van der Waals surface area contributed by atoms with Gasteiger partial charge in [0.1, 0.15) is 0 Å². The highest BCUT2D eigenvalue weighted by Crippen LogP contribution is 2.27. The molecule has 0 aromatic heterocycles. The molecule has 0 aliphatic rings. The van der Waals surface area contributed by atoms with Gasteiger partial charge in [0, 0.05) is 10.5 Å². The first-order valence-electron chi connectivity index (χ1n) is 4.66. The Morgan fingerprint density at radius 1 is 1.44 bits per heavy atom. The third kappa shape index (κ3) is 4.30. The maximum atomic E-state index is 12.1. The van der Waals surface area contributed by atoms with Crippen molar-refractivity contribution in [2.24, 2.45) is 0 Å². The summed E-state index contributed by atoms with van der Waals surface area (Å²) in [6.07, 6.45) is -5.06. The van der Waals surface area contributed by atoms with Crippen LogP contribution in [-0.4, -0.2) is 12.2 Å². The molecule has 0 spiro atoms. The van der Waals surface area contributed by atoms with Crippen molar-refractivity contribution in [1.29, 1.82) is 0 Å². The summed E-state index contributed by atoms with van der Waals surface area (Å²) in [5.74, 6) is 0. The molecule has 0 saturated heterocycles. The average molecular weight is 297 g/mol. The minimum Gasteiger partial charge on any atom is -0.397 e. The Morgan fingerprint density at radius 2 is 2.06 bits per heavy atom. The van der Waals surface area contributed by atoms with E-state index in [1.165, 1.54) is 6.92 Å². The number of halogens is 4. The van der Waals surface area contributed by atoms with Gasteiger partial charge in [-0.3, -0.25) is 0 Å². The summed E-state index contributed by atoms with van der Waals surface area (Å²) in [4.78, 5) is 0. The van der Waals surface area contributed by atoms with E-state index in [1.807, 2.05) is 0 Å². The highest BCUT2D eigenvalue weighted by Gasteiger charge is 2.30. The monoisotopic (exact) mass is 296 g/mol. The first kappa shape index (κ1) is 13.2. The first-order chi connectivity index (χ1) is 7.28. The number of nitrogens with one attached hydrogen (secondary N) is 1. The van der Waals surface area contributed by atoms with Crippen molar-refractivity contribution < 1.29 is 13.2 Å². The third-order valence-electron chi connectivity index (χ3n) is 1.95. The molecule has 1 unspecified atom stereocenters. The third-order valence-corrected chi connectivity index (χ3v) is 2.45. The van der Waals surface area contributed by atoms with Crippen molar-refractivity contribution >= 4 is 27.3 Å². The van der Waals surface area contributed by atoms with Gasteiger partial charge in [0.2, 0.25) is 0 Å². The summed E-state index contributed by atoms with van der Waals surface area (Å²) in [5.41, 5.74) is 6.59. The molecule has 0 bridgehead atoms. The lowest BCUT2D eigenvalue weighted by Gasteiger charge is -2.18. The van der Waals surface area contributed by atoms with E-state index in [9.17, 15) is 13.2 Å². The van der Waals surface area contributed by atoms with Crippen LogP contribution in [-0.2, 0) is 0 Å². The maximum Gasteiger partial charge on any atom is 0.391 e. The first-order valence-corrected chi connectivity index (χ1v) is 5.45. The standard InChI is InChI=1S/C10H12BrF3N2/c1-6(5-10(12,13)14)16-9-3-2-7(11)4-8(9)15/h2-4,6,16H,5,15H2,1H3. The zero-order chi connectivity index (χ0) is 12.3. The second-order valence-corrected chi connectivity index (χ2v) is 4.51. The highest BCUT2D eigenvalue weighted by molar-refractivity contribution is 9.10. The molecule has 1 rings (SSSR count). The predicted octanol–water partition coefficient (Wildman–Crippen LogP) is 3.78. The molecule has 16 heavy (non-hydrogen) atoms. The summed E-state index contributed by atoms with van der Waals surface area (Å²) < 4.78 is 37.1. The smallest absolute Gasteiger partial charge is 0.391 e. The molecule has 1 aromatic rings. The van der Waals surface area contributed by atoms with Crippen molar-refractivity contribution in [2.75, 3.05) is 11.1 Å². The van der Waals surface area contributed by atoms with Gasteiger partial charge in [-0.15, -0.1) is 0 Å². The van der Waals surface area contributed by atoms with E-state index in [0.29, 0.717) is 11.4 Å². The van der Waals surface area contributed by atoms with E-state index in [-0.39, 0.29) is 0 Å². The molecule has 0 fully saturated rings. The number of hydrogen-bond acceptors (Lipinski definition) is 2. The van der Waals surface area contributed by atoms with Gasteiger partial charge in [-0.05, 0) is 25.1 Å². The number of anilines is 2. The van der Waals surface area contributed by atoms with Crippen LogP contribution in [0.4, 0.5) is 24.5 Å². The Labute approximate surface area is 100 Å². The molecule has 3 N–H and O–H groups in total. The van der Waals surface area contributed by atoms with E-state index < -0.39 is 18.6 Å². The quantitative estimate of drug-likeness (QED) is 0.833. The van der Waals surface area contributed by atoms with Crippen LogP contribution in [0.25, 0.3) is 0 Å². The van der Waals surface area contributed by atoms with E-state index in [1.54, 1.807) is 18.2 Å². The Balaban J connectivity index is 2.66. The Bertz CT molecular complexity index is 366. The van der Waals surface area contributed by atoms with Crippen LogP contribution < -0.4 is 11.1 Å². The molecular weight excluding hydrogens is 285 g/mol. The largest absolute Gasteiger partial charge is 0.397 e. The molecule has 0 aliphatic carbocycles. The Hall–Kier alpha value is -0.910. The van der Waals surface area contributed by atoms with Crippen LogP contribution in [0.3, 0.4) is 0 Å². The number of nitrogen functional groups attached to an aromatic ring is 1. The number of rotatable bonds is 3. The molecule has 0 amide bonds. The lowest BCUT2D eigenvalue weighted by atomic mass is 10.2. The van der Waals surface area contributed by atoms with E-state index in [0.717, 1.165) is 4.47 Å². The minimum absolute atomic E-state index is 0.420. The van der Waals surface area contributed by atoms with Gasteiger partial charge in [0.15, 0.2) is 0 Å². The zero-order valence-corrected chi connectivity index (χ0v) is 10.2. The molecule has 2 nitrogen and oxygen atoms in total. The molecule has 6 heteroatoms. The van der Waals surface area contributed by atoms with Gasteiger partial charge < -0.3 is 11.1 Å². The second kappa shape index (κ2) is 4.95.